The zero-order valence-electron chi connectivity index (χ0n) is 12.4. The van der Waals surface area contributed by atoms with Crippen LogP contribution < -0.4 is 16.0 Å². The normalized spacial score (nSPS) is 10.9. The van der Waals surface area contributed by atoms with Crippen molar-refractivity contribution in [2.75, 3.05) is 7.11 Å². The van der Waals surface area contributed by atoms with E-state index in [2.05, 4.69) is 0 Å². The molecule has 1 aromatic carbocycles. The van der Waals surface area contributed by atoms with Crippen LogP contribution in [0.4, 0.5) is 0 Å². The third-order valence-electron chi connectivity index (χ3n) is 3.17. The largest absolute Gasteiger partial charge is 0.504 e. The van der Waals surface area contributed by atoms with Crippen molar-refractivity contribution < 1.29 is 19.7 Å². The number of H-pyrrole nitrogens is 1. The highest BCUT2D eigenvalue weighted by molar-refractivity contribution is 6.08. The lowest BCUT2D eigenvalue weighted by Gasteiger charge is -2.04. The van der Waals surface area contributed by atoms with Crippen molar-refractivity contribution >= 4 is 11.9 Å². The number of ether oxygens (including phenoxy) is 1. The number of carbonyl (C=O) groups is 1. The Morgan fingerprint density at radius 1 is 1.30 bits per heavy atom. The van der Waals surface area contributed by atoms with E-state index in [1.807, 2.05) is 4.98 Å². The molecule has 0 radical (unpaired) electrons. The van der Waals surface area contributed by atoms with Gasteiger partial charge in [-0.05, 0) is 23.8 Å². The van der Waals surface area contributed by atoms with Crippen molar-refractivity contribution in [1.82, 2.24) is 9.55 Å². The zero-order valence-corrected chi connectivity index (χ0v) is 12.4. The van der Waals surface area contributed by atoms with Crippen molar-refractivity contribution in [2.45, 2.75) is 0 Å². The van der Waals surface area contributed by atoms with Gasteiger partial charge in [-0.25, -0.2) is 4.79 Å². The zero-order chi connectivity index (χ0) is 17.1. The van der Waals surface area contributed by atoms with E-state index in [4.69, 9.17) is 4.74 Å². The van der Waals surface area contributed by atoms with Crippen LogP contribution in [0.5, 0.6) is 17.4 Å². The van der Waals surface area contributed by atoms with Gasteiger partial charge in [-0.1, -0.05) is 12.1 Å². The molecule has 23 heavy (non-hydrogen) atoms. The quantitative estimate of drug-likeness (QED) is 0.554. The summed E-state index contributed by atoms with van der Waals surface area (Å²) in [6.45, 7) is 0. The van der Waals surface area contributed by atoms with Crippen LogP contribution in [0.3, 0.4) is 0 Å². The number of hydrogen-bond donors (Lipinski definition) is 3. The summed E-state index contributed by atoms with van der Waals surface area (Å²) in [5, 5.41) is 19.4. The Kier molecular flexibility index (Phi) is 4.35. The number of methoxy groups -OCH3 is 1. The molecule has 120 valence electrons. The maximum absolute atomic E-state index is 12.1. The molecule has 0 amide bonds. The molecule has 8 nitrogen and oxygen atoms in total. The number of phenols is 1. The average Bonchev–Trinajstić information content (AvgIpc) is 2.51. The van der Waals surface area contributed by atoms with E-state index < -0.39 is 28.5 Å². The minimum absolute atomic E-state index is 0.107. The van der Waals surface area contributed by atoms with E-state index in [0.29, 0.717) is 5.56 Å². The van der Waals surface area contributed by atoms with Crippen LogP contribution in [-0.4, -0.2) is 32.7 Å². The Labute approximate surface area is 129 Å². The van der Waals surface area contributed by atoms with Gasteiger partial charge in [0.2, 0.25) is 5.88 Å². The van der Waals surface area contributed by atoms with Gasteiger partial charge in [-0.2, -0.15) is 0 Å². The Bertz CT molecular complexity index is 907. The smallest absolute Gasteiger partial charge is 0.330 e. The number of nitrogens with zero attached hydrogens (tertiary/aromatic N) is 1. The fraction of sp³-hybridized carbons (Fsp3) is 0.133. The van der Waals surface area contributed by atoms with Crippen LogP contribution in [0.15, 0.2) is 33.9 Å². The van der Waals surface area contributed by atoms with Gasteiger partial charge >= 0.3 is 5.69 Å². The number of aromatic nitrogens is 2. The van der Waals surface area contributed by atoms with Gasteiger partial charge in [0.15, 0.2) is 17.3 Å². The lowest BCUT2D eigenvalue weighted by molar-refractivity contribution is 0.104. The summed E-state index contributed by atoms with van der Waals surface area (Å²) in [7, 11) is 2.62. The molecular formula is C15H14N2O6. The number of nitrogens with one attached hydrogen (secondary N) is 1. The van der Waals surface area contributed by atoms with Gasteiger partial charge in [0.05, 0.1) is 7.11 Å². The number of allylic oxidation sites excluding steroid dienone is 1. The topological polar surface area (TPSA) is 122 Å². The fourth-order valence-electron chi connectivity index (χ4n) is 1.90. The molecule has 0 saturated heterocycles. The van der Waals surface area contributed by atoms with Crippen molar-refractivity contribution in [2.24, 2.45) is 7.05 Å². The van der Waals surface area contributed by atoms with E-state index >= 15 is 0 Å². The summed E-state index contributed by atoms with van der Waals surface area (Å²) in [4.78, 5) is 36.9. The highest BCUT2D eigenvalue weighted by Crippen LogP contribution is 2.26. The summed E-state index contributed by atoms with van der Waals surface area (Å²) in [5.74, 6) is -1.33. The van der Waals surface area contributed by atoms with Gasteiger partial charge in [-0.3, -0.25) is 19.1 Å². The highest BCUT2D eigenvalue weighted by atomic mass is 16.5. The van der Waals surface area contributed by atoms with Crippen molar-refractivity contribution in [3.05, 3.63) is 56.2 Å². The molecule has 0 aliphatic heterocycles. The molecule has 0 saturated carbocycles. The molecular weight excluding hydrogens is 304 g/mol. The molecule has 2 rings (SSSR count). The van der Waals surface area contributed by atoms with E-state index in [9.17, 15) is 24.6 Å². The minimum Gasteiger partial charge on any atom is -0.504 e. The van der Waals surface area contributed by atoms with E-state index in [1.165, 1.54) is 32.4 Å². The number of hydrogen-bond acceptors (Lipinski definition) is 6. The van der Waals surface area contributed by atoms with E-state index in [-0.39, 0.29) is 11.5 Å². The maximum atomic E-state index is 12.1. The molecule has 0 unspecified atom stereocenters. The number of rotatable bonds is 4. The maximum Gasteiger partial charge on any atom is 0.330 e. The van der Waals surface area contributed by atoms with Crippen LogP contribution in [0.2, 0.25) is 0 Å². The van der Waals surface area contributed by atoms with Crippen molar-refractivity contribution in [3.63, 3.8) is 0 Å². The third kappa shape index (κ3) is 3.15. The number of phenolic OH excluding ortho intramolecular Hbond substituents is 1. The number of aromatic hydroxyl groups is 2. The first-order valence-electron chi connectivity index (χ1n) is 6.47. The second kappa shape index (κ2) is 6.22. The van der Waals surface area contributed by atoms with E-state index in [1.54, 1.807) is 6.07 Å². The summed E-state index contributed by atoms with van der Waals surface area (Å²) < 4.78 is 5.65. The van der Waals surface area contributed by atoms with E-state index in [0.717, 1.165) is 10.6 Å². The molecule has 0 atom stereocenters. The summed E-state index contributed by atoms with van der Waals surface area (Å²) in [6, 6.07) is 4.47. The van der Waals surface area contributed by atoms with Gasteiger partial charge in [0.25, 0.3) is 5.56 Å². The number of benzene rings is 1. The first-order valence-corrected chi connectivity index (χ1v) is 6.47. The molecule has 0 bridgehead atoms. The molecule has 1 heterocycles. The highest BCUT2D eigenvalue weighted by Gasteiger charge is 2.17. The fourth-order valence-corrected chi connectivity index (χ4v) is 1.90. The second-order valence-corrected chi connectivity index (χ2v) is 4.65. The van der Waals surface area contributed by atoms with Crippen LogP contribution >= 0.6 is 0 Å². The lowest BCUT2D eigenvalue weighted by Crippen LogP contribution is -2.32. The summed E-state index contributed by atoms with van der Waals surface area (Å²) in [5.41, 5.74) is -1.86. The molecule has 0 aliphatic carbocycles. The second-order valence-electron chi connectivity index (χ2n) is 4.65. The van der Waals surface area contributed by atoms with Crippen LogP contribution in [0, 0.1) is 0 Å². The average molecular weight is 318 g/mol. The van der Waals surface area contributed by atoms with Gasteiger partial charge in [-0.15, -0.1) is 0 Å². The Hall–Kier alpha value is -3.29. The number of ketones is 1. The lowest BCUT2D eigenvalue weighted by atomic mass is 10.1. The molecule has 0 spiro atoms. The summed E-state index contributed by atoms with van der Waals surface area (Å²) >= 11 is 0. The van der Waals surface area contributed by atoms with Gasteiger partial charge < -0.3 is 14.9 Å². The summed E-state index contributed by atoms with van der Waals surface area (Å²) in [6.07, 6.45) is 2.40. The molecule has 0 fully saturated rings. The first-order chi connectivity index (χ1) is 10.8. The number of aromatic amines is 1. The van der Waals surface area contributed by atoms with Crippen LogP contribution in [0.25, 0.3) is 6.08 Å². The monoisotopic (exact) mass is 318 g/mol. The molecule has 0 aliphatic rings. The number of carbonyl (C=O) groups excluding carboxylic acids is 1. The SMILES string of the molecule is COc1ccc(/C=C/C(=O)c2c(O)n(C)c(=O)[nH]c2=O)cc1O. The predicted molar refractivity (Wildman–Crippen MR) is 82.0 cm³/mol. The Morgan fingerprint density at radius 3 is 2.61 bits per heavy atom. The van der Waals surface area contributed by atoms with Crippen molar-refractivity contribution in [1.29, 1.82) is 0 Å². The van der Waals surface area contributed by atoms with Crippen LogP contribution in [0.1, 0.15) is 15.9 Å². The van der Waals surface area contributed by atoms with Crippen LogP contribution in [-0.2, 0) is 7.05 Å². The third-order valence-corrected chi connectivity index (χ3v) is 3.17. The predicted octanol–water partition coefficient (Wildman–Crippen LogP) is 0.390. The minimum atomic E-state index is -0.974. The van der Waals surface area contributed by atoms with Gasteiger partial charge in [0, 0.05) is 7.05 Å². The van der Waals surface area contributed by atoms with Crippen molar-refractivity contribution in [3.8, 4) is 17.4 Å². The Morgan fingerprint density at radius 2 is 2.00 bits per heavy atom. The standard InChI is InChI=1S/C15H14N2O6/c1-17-14(21)12(13(20)16-15(17)22)9(18)5-3-8-4-6-11(23-2)10(19)7-8/h3-7,19,21H,1-2H3,(H,16,20,22)/b5-3+. The molecule has 2 aromatic rings. The molecule has 3 N–H and O–H groups in total. The molecule has 1 aromatic heterocycles. The van der Waals surface area contributed by atoms with Gasteiger partial charge in [0.1, 0.15) is 5.56 Å². The Balaban J connectivity index is 2.36. The molecule has 8 heteroatoms. The first kappa shape index (κ1) is 16.1.